The molecule has 0 aliphatic heterocycles. The van der Waals surface area contributed by atoms with Crippen molar-refractivity contribution in [1.82, 2.24) is 14.5 Å². The maximum absolute atomic E-state index is 12.7. The summed E-state index contributed by atoms with van der Waals surface area (Å²) in [6, 6.07) is 12.4. The van der Waals surface area contributed by atoms with E-state index >= 15 is 0 Å². The number of carbonyl (C=O) groups is 1. The van der Waals surface area contributed by atoms with Crippen LogP contribution in [0.4, 0.5) is 5.82 Å². The molecule has 0 amide bonds. The van der Waals surface area contributed by atoms with Gasteiger partial charge in [0.15, 0.2) is 5.65 Å². The molecule has 6 nitrogen and oxygen atoms in total. The second-order valence-corrected chi connectivity index (χ2v) is 6.78. The number of nitrogen functional groups attached to an aromatic ring is 1. The number of para-hydroxylation sites is 2. The number of benzene rings is 2. The number of aromatic nitrogens is 3. The Kier molecular flexibility index (Phi) is 4.66. The number of hydrogen-bond acceptors (Lipinski definition) is 5. The van der Waals surface area contributed by atoms with Crippen molar-refractivity contribution in [1.29, 1.82) is 0 Å². The Labute approximate surface area is 170 Å². The van der Waals surface area contributed by atoms with Crippen LogP contribution in [0.5, 0.6) is 0 Å². The molecule has 0 fully saturated rings. The van der Waals surface area contributed by atoms with Crippen LogP contribution in [0.15, 0.2) is 55.1 Å². The number of rotatable bonds is 4. The lowest BCUT2D eigenvalue weighted by atomic mass is 10.2. The molecule has 0 unspecified atom stereocenters. The normalized spacial score (nSPS) is 11.1. The summed E-state index contributed by atoms with van der Waals surface area (Å²) in [5.74, 6) is -0.455. The summed E-state index contributed by atoms with van der Waals surface area (Å²) in [7, 11) is 0. The molecular formula is C20H14Cl2N4O2. The van der Waals surface area contributed by atoms with Gasteiger partial charge in [0.2, 0.25) is 0 Å². The number of anilines is 1. The van der Waals surface area contributed by atoms with Crippen LogP contribution < -0.4 is 5.73 Å². The van der Waals surface area contributed by atoms with Crippen molar-refractivity contribution in [2.24, 2.45) is 0 Å². The first-order chi connectivity index (χ1) is 13.5. The minimum absolute atomic E-state index is 0.0543. The first-order valence-corrected chi connectivity index (χ1v) is 9.07. The number of ether oxygens (including phenoxy) is 1. The van der Waals surface area contributed by atoms with Crippen molar-refractivity contribution in [2.75, 3.05) is 12.3 Å². The van der Waals surface area contributed by atoms with E-state index in [9.17, 15) is 4.79 Å². The zero-order valence-electron chi connectivity index (χ0n) is 14.5. The van der Waals surface area contributed by atoms with Gasteiger partial charge in [-0.05, 0) is 30.3 Å². The van der Waals surface area contributed by atoms with Crippen LogP contribution >= 0.6 is 23.2 Å². The quantitative estimate of drug-likeness (QED) is 0.384. The zero-order chi connectivity index (χ0) is 19.8. The molecule has 8 heteroatoms. The third-order valence-electron chi connectivity index (χ3n) is 4.20. The van der Waals surface area contributed by atoms with E-state index in [-0.39, 0.29) is 18.0 Å². The predicted molar refractivity (Wildman–Crippen MR) is 111 cm³/mol. The molecule has 0 spiro atoms. The lowest BCUT2D eigenvalue weighted by molar-refractivity contribution is 0.0553. The third kappa shape index (κ3) is 2.96. The SMILES string of the molecule is C=CCOC(=O)c1c(N)n(-c2ccc(Cl)c(Cl)c2)c2nc3ccccc3nc12. The van der Waals surface area contributed by atoms with E-state index in [1.807, 2.05) is 24.3 Å². The van der Waals surface area contributed by atoms with E-state index < -0.39 is 5.97 Å². The van der Waals surface area contributed by atoms with Crippen molar-refractivity contribution < 1.29 is 9.53 Å². The fraction of sp³-hybridized carbons (Fsp3) is 0.0500. The van der Waals surface area contributed by atoms with Crippen LogP contribution in [-0.2, 0) is 4.74 Å². The van der Waals surface area contributed by atoms with Gasteiger partial charge in [-0.25, -0.2) is 14.8 Å². The van der Waals surface area contributed by atoms with Gasteiger partial charge in [-0.15, -0.1) is 0 Å². The van der Waals surface area contributed by atoms with Crippen LogP contribution in [0.1, 0.15) is 10.4 Å². The van der Waals surface area contributed by atoms with Crippen LogP contribution in [-0.4, -0.2) is 27.1 Å². The molecule has 0 radical (unpaired) electrons. The van der Waals surface area contributed by atoms with E-state index in [1.165, 1.54) is 6.08 Å². The van der Waals surface area contributed by atoms with Gasteiger partial charge in [0.1, 0.15) is 23.5 Å². The number of carbonyl (C=O) groups excluding carboxylic acids is 1. The van der Waals surface area contributed by atoms with E-state index in [4.69, 9.17) is 33.7 Å². The lowest BCUT2D eigenvalue weighted by Gasteiger charge is -2.09. The monoisotopic (exact) mass is 412 g/mol. The van der Waals surface area contributed by atoms with E-state index in [0.717, 1.165) is 0 Å². The van der Waals surface area contributed by atoms with Gasteiger partial charge in [0.25, 0.3) is 0 Å². The fourth-order valence-electron chi connectivity index (χ4n) is 2.96. The largest absolute Gasteiger partial charge is 0.458 e. The molecule has 0 saturated carbocycles. The summed E-state index contributed by atoms with van der Waals surface area (Å²) in [5.41, 5.74) is 9.16. The average Bonchev–Trinajstić information content (AvgIpc) is 2.97. The first kappa shape index (κ1) is 18.3. The molecule has 0 aliphatic carbocycles. The summed E-state index contributed by atoms with van der Waals surface area (Å²) in [6.45, 7) is 3.61. The summed E-state index contributed by atoms with van der Waals surface area (Å²) in [4.78, 5) is 21.9. The van der Waals surface area contributed by atoms with Crippen molar-refractivity contribution in [3.05, 3.63) is 70.7 Å². The highest BCUT2D eigenvalue weighted by molar-refractivity contribution is 6.42. The molecule has 2 N–H and O–H groups in total. The summed E-state index contributed by atoms with van der Waals surface area (Å²) in [5, 5.41) is 0.757. The molecule has 0 bridgehead atoms. The van der Waals surface area contributed by atoms with Gasteiger partial charge in [-0.2, -0.15) is 0 Å². The second kappa shape index (κ2) is 7.14. The van der Waals surface area contributed by atoms with Crippen LogP contribution in [0.2, 0.25) is 10.0 Å². The van der Waals surface area contributed by atoms with Crippen LogP contribution in [0.3, 0.4) is 0 Å². The Bertz CT molecular complexity index is 1250. The number of nitrogens with zero attached hydrogens (tertiary/aromatic N) is 3. The summed E-state index contributed by atoms with van der Waals surface area (Å²) in [6.07, 6.45) is 1.48. The molecule has 2 aromatic carbocycles. The van der Waals surface area contributed by atoms with Gasteiger partial charge in [0, 0.05) is 0 Å². The average molecular weight is 413 g/mol. The fourth-order valence-corrected chi connectivity index (χ4v) is 3.25. The van der Waals surface area contributed by atoms with Crippen molar-refractivity contribution in [3.63, 3.8) is 0 Å². The molecule has 4 rings (SSSR count). The number of nitrogens with two attached hydrogens (primary N) is 1. The Morgan fingerprint density at radius 2 is 1.86 bits per heavy atom. The van der Waals surface area contributed by atoms with Crippen molar-refractivity contribution >= 4 is 57.2 Å². The summed E-state index contributed by atoms with van der Waals surface area (Å²) < 4.78 is 6.82. The van der Waals surface area contributed by atoms with Crippen LogP contribution in [0, 0.1) is 0 Å². The molecule has 0 aliphatic rings. The second-order valence-electron chi connectivity index (χ2n) is 5.97. The molecule has 4 aromatic rings. The molecule has 0 saturated heterocycles. The maximum Gasteiger partial charge on any atom is 0.344 e. The van der Waals surface area contributed by atoms with Crippen molar-refractivity contribution in [2.45, 2.75) is 0 Å². The molecule has 140 valence electrons. The first-order valence-electron chi connectivity index (χ1n) is 8.31. The van der Waals surface area contributed by atoms with Crippen molar-refractivity contribution in [3.8, 4) is 5.69 Å². The molecule has 2 heterocycles. The molecular weight excluding hydrogens is 399 g/mol. The Morgan fingerprint density at radius 1 is 1.14 bits per heavy atom. The Morgan fingerprint density at radius 3 is 2.54 bits per heavy atom. The Hall–Kier alpha value is -3.09. The highest BCUT2D eigenvalue weighted by Gasteiger charge is 2.26. The van der Waals surface area contributed by atoms with Gasteiger partial charge in [-0.3, -0.25) is 4.57 Å². The van der Waals surface area contributed by atoms with Crippen LogP contribution in [0.25, 0.3) is 27.9 Å². The van der Waals surface area contributed by atoms with Gasteiger partial charge < -0.3 is 10.5 Å². The zero-order valence-corrected chi connectivity index (χ0v) is 16.0. The topological polar surface area (TPSA) is 83.0 Å². The Balaban J connectivity index is 2.06. The molecule has 2 aromatic heterocycles. The highest BCUT2D eigenvalue weighted by atomic mass is 35.5. The molecule has 28 heavy (non-hydrogen) atoms. The predicted octanol–water partition coefficient (Wildman–Crippen LogP) is 4.81. The summed E-state index contributed by atoms with van der Waals surface area (Å²) >= 11 is 12.2. The molecule has 0 atom stereocenters. The highest BCUT2D eigenvalue weighted by Crippen LogP contribution is 2.33. The number of hydrogen-bond donors (Lipinski definition) is 1. The van der Waals surface area contributed by atoms with E-state index in [0.29, 0.717) is 37.9 Å². The standard InChI is InChI=1S/C20H14Cl2N4O2/c1-2-9-28-20(27)16-17-19(25-15-6-4-3-5-14(15)24-17)26(18(16)23)11-7-8-12(21)13(22)10-11/h2-8,10H,1,9,23H2. The third-order valence-corrected chi connectivity index (χ3v) is 4.93. The van der Waals surface area contributed by atoms with E-state index in [1.54, 1.807) is 22.8 Å². The maximum atomic E-state index is 12.7. The minimum atomic E-state index is -0.606. The van der Waals surface area contributed by atoms with Gasteiger partial charge in [0.05, 0.1) is 26.8 Å². The number of esters is 1. The van der Waals surface area contributed by atoms with Gasteiger partial charge in [-0.1, -0.05) is 48.0 Å². The number of halogens is 2. The van der Waals surface area contributed by atoms with Gasteiger partial charge >= 0.3 is 5.97 Å². The lowest BCUT2D eigenvalue weighted by Crippen LogP contribution is -2.09. The minimum Gasteiger partial charge on any atom is -0.458 e. The van der Waals surface area contributed by atoms with E-state index in [2.05, 4.69) is 16.5 Å². The number of fused-ring (bicyclic) bond motifs is 2. The smallest absolute Gasteiger partial charge is 0.344 e.